The topological polar surface area (TPSA) is 66.4 Å². The van der Waals surface area contributed by atoms with Gasteiger partial charge in [0.25, 0.3) is 5.91 Å². The maximum absolute atomic E-state index is 13.5. The van der Waals surface area contributed by atoms with Crippen LogP contribution in [-0.2, 0) is 11.0 Å². The molecule has 0 aliphatic heterocycles. The molecule has 0 aliphatic carbocycles. The van der Waals surface area contributed by atoms with Gasteiger partial charge in [0.2, 0.25) is 0 Å². The standard InChI is InChI=1S/C21H14F3NO3S/c22-21(23,24)18-16(13-7-3-1-4-8-13)11-15(29-18)12-17(20(27)28)25-19(26)14-9-5-2-6-10-14/h1-12H,(H,25,26)(H,27,28)/b17-12+. The van der Waals surface area contributed by atoms with E-state index in [2.05, 4.69) is 5.32 Å². The molecule has 0 unspecified atom stereocenters. The van der Waals surface area contributed by atoms with E-state index >= 15 is 0 Å². The normalized spacial score (nSPS) is 11.9. The molecule has 1 amide bonds. The van der Waals surface area contributed by atoms with Crippen molar-refractivity contribution < 1.29 is 27.9 Å². The van der Waals surface area contributed by atoms with E-state index in [1.165, 1.54) is 18.2 Å². The lowest BCUT2D eigenvalue weighted by atomic mass is 10.1. The lowest BCUT2D eigenvalue weighted by molar-refractivity contribution is -0.134. The highest BCUT2D eigenvalue weighted by molar-refractivity contribution is 7.13. The van der Waals surface area contributed by atoms with Crippen molar-refractivity contribution >= 4 is 29.3 Å². The van der Waals surface area contributed by atoms with Gasteiger partial charge in [0, 0.05) is 16.0 Å². The molecule has 148 valence electrons. The molecule has 8 heteroatoms. The van der Waals surface area contributed by atoms with Gasteiger partial charge in [-0.05, 0) is 29.8 Å². The first-order valence-corrected chi connectivity index (χ1v) is 9.15. The first-order chi connectivity index (χ1) is 13.8. The lowest BCUT2D eigenvalue weighted by Gasteiger charge is -2.07. The van der Waals surface area contributed by atoms with Crippen molar-refractivity contribution in [3.8, 4) is 11.1 Å². The molecular weight excluding hydrogens is 403 g/mol. The van der Waals surface area contributed by atoms with Crippen LogP contribution in [0.15, 0.2) is 72.4 Å². The van der Waals surface area contributed by atoms with Gasteiger partial charge < -0.3 is 10.4 Å². The van der Waals surface area contributed by atoms with Crippen LogP contribution in [0.4, 0.5) is 13.2 Å². The molecule has 0 saturated carbocycles. The number of hydrogen-bond acceptors (Lipinski definition) is 3. The molecule has 0 bridgehead atoms. The van der Waals surface area contributed by atoms with Crippen LogP contribution in [0.3, 0.4) is 0 Å². The number of alkyl halides is 3. The molecule has 1 heterocycles. The van der Waals surface area contributed by atoms with E-state index in [0.717, 1.165) is 6.08 Å². The van der Waals surface area contributed by atoms with Crippen molar-refractivity contribution in [2.45, 2.75) is 6.18 Å². The van der Waals surface area contributed by atoms with Crippen molar-refractivity contribution in [2.24, 2.45) is 0 Å². The molecule has 3 rings (SSSR count). The maximum Gasteiger partial charge on any atom is 0.426 e. The van der Waals surface area contributed by atoms with Crippen LogP contribution in [0.2, 0.25) is 0 Å². The number of carboxylic acids is 1. The second-order valence-corrected chi connectivity index (χ2v) is 7.02. The summed E-state index contributed by atoms with van der Waals surface area (Å²) in [5, 5.41) is 11.6. The second kappa shape index (κ2) is 8.32. The van der Waals surface area contributed by atoms with E-state index in [1.54, 1.807) is 48.5 Å². The van der Waals surface area contributed by atoms with Gasteiger partial charge in [-0.2, -0.15) is 13.2 Å². The Balaban J connectivity index is 1.99. The summed E-state index contributed by atoms with van der Waals surface area (Å²) in [6.45, 7) is 0. The summed E-state index contributed by atoms with van der Waals surface area (Å²) < 4.78 is 40.4. The molecule has 0 fully saturated rings. The van der Waals surface area contributed by atoms with Crippen molar-refractivity contribution in [3.05, 3.63) is 87.7 Å². The molecule has 4 nitrogen and oxygen atoms in total. The number of hydrogen-bond donors (Lipinski definition) is 2. The zero-order valence-corrected chi connectivity index (χ0v) is 15.6. The molecule has 2 N–H and O–H groups in total. The third-order valence-corrected chi connectivity index (χ3v) is 5.02. The Hall–Kier alpha value is -3.39. The molecule has 0 aliphatic rings. The molecule has 0 spiro atoms. The average Bonchev–Trinajstić information content (AvgIpc) is 3.13. The summed E-state index contributed by atoms with van der Waals surface area (Å²) in [4.78, 5) is 23.0. The Morgan fingerprint density at radius 3 is 2.10 bits per heavy atom. The van der Waals surface area contributed by atoms with Gasteiger partial charge in [-0.1, -0.05) is 48.5 Å². The van der Waals surface area contributed by atoms with Crippen molar-refractivity contribution in [1.29, 1.82) is 0 Å². The van der Waals surface area contributed by atoms with E-state index in [1.807, 2.05) is 0 Å². The summed E-state index contributed by atoms with van der Waals surface area (Å²) in [5.41, 5.74) is 0.0228. The van der Waals surface area contributed by atoms with E-state index in [9.17, 15) is 27.9 Å². The zero-order chi connectivity index (χ0) is 21.0. The highest BCUT2D eigenvalue weighted by Crippen LogP contribution is 2.43. The number of halogens is 3. The fourth-order valence-electron chi connectivity index (χ4n) is 2.60. The van der Waals surface area contributed by atoms with E-state index in [0.29, 0.717) is 16.9 Å². The number of thiophene rings is 1. The van der Waals surface area contributed by atoms with Crippen molar-refractivity contribution in [1.82, 2.24) is 5.32 Å². The molecule has 0 radical (unpaired) electrons. The third kappa shape index (κ3) is 4.91. The molecule has 2 aromatic carbocycles. The Labute approximate surface area is 167 Å². The molecule has 29 heavy (non-hydrogen) atoms. The lowest BCUT2D eigenvalue weighted by Crippen LogP contribution is -2.27. The second-order valence-electron chi connectivity index (χ2n) is 5.94. The highest BCUT2D eigenvalue weighted by Gasteiger charge is 2.36. The Morgan fingerprint density at radius 1 is 0.966 bits per heavy atom. The van der Waals surface area contributed by atoms with E-state index < -0.39 is 28.6 Å². The van der Waals surface area contributed by atoms with Crippen LogP contribution >= 0.6 is 11.3 Å². The summed E-state index contributed by atoms with van der Waals surface area (Å²) in [5.74, 6) is -2.13. The van der Waals surface area contributed by atoms with Gasteiger partial charge in [-0.15, -0.1) is 11.3 Å². The van der Waals surface area contributed by atoms with Crippen LogP contribution in [0, 0.1) is 0 Å². The first-order valence-electron chi connectivity index (χ1n) is 8.33. The predicted molar refractivity (Wildman–Crippen MR) is 104 cm³/mol. The fraction of sp³-hybridized carbons (Fsp3) is 0.0476. The van der Waals surface area contributed by atoms with Crippen LogP contribution in [0.5, 0.6) is 0 Å². The predicted octanol–water partition coefficient (Wildman–Crippen LogP) is 5.29. The zero-order valence-electron chi connectivity index (χ0n) is 14.7. The quantitative estimate of drug-likeness (QED) is 0.555. The van der Waals surface area contributed by atoms with Gasteiger partial charge >= 0.3 is 12.1 Å². The number of rotatable bonds is 5. The first kappa shape index (κ1) is 20.3. The number of carbonyl (C=O) groups is 2. The minimum absolute atomic E-state index is 0.0477. The highest BCUT2D eigenvalue weighted by atomic mass is 32.1. The van der Waals surface area contributed by atoms with Gasteiger partial charge in [-0.25, -0.2) is 4.79 Å². The molecule has 1 aromatic heterocycles. The van der Waals surface area contributed by atoms with Crippen LogP contribution in [0.25, 0.3) is 17.2 Å². The smallest absolute Gasteiger partial charge is 0.426 e. The minimum Gasteiger partial charge on any atom is -0.477 e. The average molecular weight is 417 g/mol. The fourth-order valence-corrected chi connectivity index (χ4v) is 3.59. The van der Waals surface area contributed by atoms with Crippen molar-refractivity contribution in [2.75, 3.05) is 0 Å². The Kier molecular flexibility index (Phi) is 5.84. The van der Waals surface area contributed by atoms with Gasteiger partial charge in [-0.3, -0.25) is 4.79 Å². The summed E-state index contributed by atoms with van der Waals surface area (Å²) in [7, 11) is 0. The maximum atomic E-state index is 13.5. The molecule has 0 saturated heterocycles. The van der Waals surface area contributed by atoms with Gasteiger partial charge in [0.15, 0.2) is 0 Å². The summed E-state index contributed by atoms with van der Waals surface area (Å²) >= 11 is 0.414. The summed E-state index contributed by atoms with van der Waals surface area (Å²) in [6, 6.07) is 17.2. The summed E-state index contributed by atoms with van der Waals surface area (Å²) in [6.07, 6.45) is -3.58. The number of amides is 1. The van der Waals surface area contributed by atoms with E-state index in [4.69, 9.17) is 0 Å². The third-order valence-electron chi connectivity index (χ3n) is 3.89. The monoisotopic (exact) mass is 417 g/mol. The SMILES string of the molecule is O=C(O)/C(=C\c1cc(-c2ccccc2)c(C(F)(F)F)s1)NC(=O)c1ccccc1. The number of carboxylic acid groups (broad SMARTS) is 1. The number of carbonyl (C=O) groups excluding carboxylic acids is 1. The Morgan fingerprint density at radius 2 is 1.55 bits per heavy atom. The van der Waals surface area contributed by atoms with Crippen LogP contribution in [-0.4, -0.2) is 17.0 Å². The minimum atomic E-state index is -4.60. The molecule has 3 aromatic rings. The molecule has 0 atom stereocenters. The number of aliphatic carboxylic acids is 1. The van der Waals surface area contributed by atoms with E-state index in [-0.39, 0.29) is 16.0 Å². The number of nitrogens with one attached hydrogen (secondary N) is 1. The Bertz CT molecular complexity index is 1060. The molecular formula is C21H14F3NO3S. The number of benzene rings is 2. The van der Waals surface area contributed by atoms with Crippen LogP contribution in [0.1, 0.15) is 20.1 Å². The van der Waals surface area contributed by atoms with Crippen LogP contribution < -0.4 is 5.32 Å². The largest absolute Gasteiger partial charge is 0.477 e. The van der Waals surface area contributed by atoms with Gasteiger partial charge in [0.05, 0.1) is 0 Å². The van der Waals surface area contributed by atoms with Gasteiger partial charge in [0.1, 0.15) is 10.6 Å². The van der Waals surface area contributed by atoms with Crippen molar-refractivity contribution in [3.63, 3.8) is 0 Å².